The summed E-state index contributed by atoms with van der Waals surface area (Å²) in [4.78, 5) is 27.0. The van der Waals surface area contributed by atoms with Crippen LogP contribution in [-0.4, -0.2) is 80.4 Å². The fourth-order valence-electron chi connectivity index (χ4n) is 4.92. The first-order valence-corrected chi connectivity index (χ1v) is 11.9. The highest BCUT2D eigenvalue weighted by molar-refractivity contribution is 5.93. The number of fused-ring (bicyclic) bond motifs is 1. The van der Waals surface area contributed by atoms with E-state index in [1.165, 1.54) is 6.54 Å². The highest BCUT2D eigenvalue weighted by Gasteiger charge is 2.28. The highest BCUT2D eigenvalue weighted by atomic mass is 16.1. The summed E-state index contributed by atoms with van der Waals surface area (Å²) in [5.74, 6) is 1.39. The number of pyridine rings is 2. The van der Waals surface area contributed by atoms with Crippen molar-refractivity contribution in [3.05, 3.63) is 30.6 Å². The molecule has 0 spiro atoms. The molecule has 1 N–H and O–H groups in total. The van der Waals surface area contributed by atoms with Crippen molar-refractivity contribution in [2.75, 3.05) is 45.1 Å². The lowest BCUT2D eigenvalue weighted by Crippen LogP contribution is -2.46. The Bertz CT molecular complexity index is 1110. The Morgan fingerprint density at radius 2 is 1.85 bits per heavy atom. The van der Waals surface area contributed by atoms with E-state index in [0.717, 1.165) is 74.2 Å². The average molecular weight is 449 g/mol. The van der Waals surface area contributed by atoms with Crippen molar-refractivity contribution in [1.29, 1.82) is 0 Å². The summed E-state index contributed by atoms with van der Waals surface area (Å²) >= 11 is 0. The SMILES string of the molecule is CN1CCN(C[C@H]2CC[C@H](C(=O)Nc3cc4nc(-c5cn(C)nn5)ccc4cn3)CC2)CC1. The number of hydrogen-bond donors (Lipinski definition) is 1. The van der Waals surface area contributed by atoms with E-state index in [4.69, 9.17) is 4.98 Å². The van der Waals surface area contributed by atoms with Gasteiger partial charge in [-0.3, -0.25) is 9.48 Å². The molecule has 33 heavy (non-hydrogen) atoms. The first-order chi connectivity index (χ1) is 16.0. The second-order valence-corrected chi connectivity index (χ2v) is 9.55. The minimum Gasteiger partial charge on any atom is -0.310 e. The van der Waals surface area contributed by atoms with Gasteiger partial charge in [-0.25, -0.2) is 9.97 Å². The lowest BCUT2D eigenvalue weighted by molar-refractivity contribution is -0.121. The van der Waals surface area contributed by atoms with E-state index in [1.807, 2.05) is 31.4 Å². The lowest BCUT2D eigenvalue weighted by atomic mass is 9.81. The van der Waals surface area contributed by atoms with Crippen LogP contribution < -0.4 is 5.32 Å². The van der Waals surface area contributed by atoms with Gasteiger partial charge in [-0.2, -0.15) is 0 Å². The number of anilines is 1. The number of nitrogens with one attached hydrogen (secondary N) is 1. The van der Waals surface area contributed by atoms with Crippen molar-refractivity contribution in [2.45, 2.75) is 25.7 Å². The molecular weight excluding hydrogens is 416 g/mol. The van der Waals surface area contributed by atoms with Crippen LogP contribution in [0.15, 0.2) is 30.6 Å². The second kappa shape index (κ2) is 9.52. The van der Waals surface area contributed by atoms with Gasteiger partial charge in [0.05, 0.1) is 17.4 Å². The smallest absolute Gasteiger partial charge is 0.228 e. The summed E-state index contributed by atoms with van der Waals surface area (Å²) in [6.07, 6.45) is 7.74. The average Bonchev–Trinajstić information content (AvgIpc) is 3.27. The van der Waals surface area contributed by atoms with Crippen molar-refractivity contribution in [2.24, 2.45) is 18.9 Å². The number of carbonyl (C=O) groups is 1. The minimum absolute atomic E-state index is 0.0603. The zero-order chi connectivity index (χ0) is 22.8. The monoisotopic (exact) mass is 448 g/mol. The topological polar surface area (TPSA) is 92.1 Å². The Kier molecular flexibility index (Phi) is 6.32. The van der Waals surface area contributed by atoms with Crippen molar-refractivity contribution < 1.29 is 4.79 Å². The molecule has 1 amide bonds. The van der Waals surface area contributed by atoms with Gasteiger partial charge in [0.25, 0.3) is 0 Å². The van der Waals surface area contributed by atoms with E-state index in [1.54, 1.807) is 10.9 Å². The molecule has 9 nitrogen and oxygen atoms in total. The number of piperazine rings is 1. The Labute approximate surface area is 194 Å². The second-order valence-electron chi connectivity index (χ2n) is 9.55. The highest BCUT2D eigenvalue weighted by Crippen LogP contribution is 2.30. The number of amides is 1. The van der Waals surface area contributed by atoms with E-state index in [0.29, 0.717) is 11.7 Å². The first-order valence-electron chi connectivity index (χ1n) is 11.9. The molecular formula is C24H32N8O. The van der Waals surface area contributed by atoms with Gasteiger partial charge in [-0.05, 0) is 50.8 Å². The normalized spacial score (nSPS) is 22.5. The van der Waals surface area contributed by atoms with Gasteiger partial charge < -0.3 is 15.1 Å². The Balaban J connectivity index is 1.18. The number of likely N-dealkylation sites (N-methyl/N-ethyl adjacent to an activating group) is 1. The van der Waals surface area contributed by atoms with Gasteiger partial charge >= 0.3 is 0 Å². The number of aromatic nitrogens is 5. The molecule has 2 fully saturated rings. The standard InChI is InChI=1S/C24H32N8O/c1-30-9-11-32(12-10-30)15-17-3-5-18(6-4-17)24(33)27-23-13-21-19(14-25-23)7-8-20(26-21)22-16-31(2)29-28-22/h7-8,13-14,16-18H,3-6,9-12,15H2,1-2H3,(H,25,27,33)/t17-,18-. The molecule has 1 saturated carbocycles. The molecule has 1 aliphatic carbocycles. The molecule has 3 aromatic heterocycles. The van der Waals surface area contributed by atoms with Gasteiger partial charge in [-0.15, -0.1) is 5.10 Å². The Morgan fingerprint density at radius 3 is 2.58 bits per heavy atom. The Hall–Kier alpha value is -2.91. The van der Waals surface area contributed by atoms with Crippen molar-refractivity contribution in [3.8, 4) is 11.4 Å². The number of nitrogens with zero attached hydrogens (tertiary/aromatic N) is 7. The number of aryl methyl sites for hydroxylation is 1. The summed E-state index contributed by atoms with van der Waals surface area (Å²) < 4.78 is 1.65. The summed E-state index contributed by atoms with van der Waals surface area (Å²) in [6.45, 7) is 5.82. The van der Waals surface area contributed by atoms with Crippen LogP contribution >= 0.6 is 0 Å². The fraction of sp³-hybridized carbons (Fsp3) is 0.542. The third-order valence-electron chi connectivity index (χ3n) is 7.02. The summed E-state index contributed by atoms with van der Waals surface area (Å²) in [7, 11) is 4.02. The first kappa shape index (κ1) is 21.9. The zero-order valence-electron chi connectivity index (χ0n) is 19.4. The van der Waals surface area contributed by atoms with Crippen LogP contribution in [0, 0.1) is 11.8 Å². The van der Waals surface area contributed by atoms with Crippen molar-refractivity contribution in [3.63, 3.8) is 0 Å². The number of hydrogen-bond acceptors (Lipinski definition) is 7. The molecule has 4 heterocycles. The molecule has 0 atom stereocenters. The maximum atomic E-state index is 12.9. The molecule has 0 aromatic carbocycles. The molecule has 2 aliphatic rings. The molecule has 1 saturated heterocycles. The predicted octanol–water partition coefficient (Wildman–Crippen LogP) is 2.42. The third-order valence-corrected chi connectivity index (χ3v) is 7.02. The van der Waals surface area contributed by atoms with Gasteiger partial charge in [0.2, 0.25) is 5.91 Å². The quantitative estimate of drug-likeness (QED) is 0.641. The largest absolute Gasteiger partial charge is 0.310 e. The van der Waals surface area contributed by atoms with Gasteiger partial charge in [0.15, 0.2) is 0 Å². The van der Waals surface area contributed by atoms with Crippen LogP contribution in [0.4, 0.5) is 5.82 Å². The summed E-state index contributed by atoms with van der Waals surface area (Å²) in [5.41, 5.74) is 2.24. The van der Waals surface area contributed by atoms with Gasteiger partial charge in [0, 0.05) is 63.3 Å². The van der Waals surface area contributed by atoms with Crippen LogP contribution in [0.3, 0.4) is 0 Å². The van der Waals surface area contributed by atoms with Crippen molar-refractivity contribution >= 4 is 22.6 Å². The predicted molar refractivity (Wildman–Crippen MR) is 128 cm³/mol. The van der Waals surface area contributed by atoms with Crippen LogP contribution in [-0.2, 0) is 11.8 Å². The molecule has 174 valence electrons. The van der Waals surface area contributed by atoms with E-state index >= 15 is 0 Å². The maximum Gasteiger partial charge on any atom is 0.228 e. The molecule has 3 aromatic rings. The van der Waals surface area contributed by atoms with E-state index in [-0.39, 0.29) is 11.8 Å². The molecule has 0 bridgehead atoms. The molecule has 5 rings (SSSR count). The summed E-state index contributed by atoms with van der Waals surface area (Å²) in [5, 5.41) is 12.1. The fourth-order valence-corrected chi connectivity index (χ4v) is 4.92. The Morgan fingerprint density at radius 1 is 1.06 bits per heavy atom. The van der Waals surface area contributed by atoms with E-state index < -0.39 is 0 Å². The number of carbonyl (C=O) groups excluding carboxylic acids is 1. The molecule has 9 heteroatoms. The van der Waals surface area contributed by atoms with Crippen LogP contribution in [0.1, 0.15) is 25.7 Å². The summed E-state index contributed by atoms with van der Waals surface area (Å²) in [6, 6.07) is 5.71. The maximum absolute atomic E-state index is 12.9. The minimum atomic E-state index is 0.0603. The van der Waals surface area contributed by atoms with Crippen LogP contribution in [0.25, 0.3) is 22.3 Å². The van der Waals surface area contributed by atoms with Crippen molar-refractivity contribution in [1.82, 2.24) is 34.8 Å². The van der Waals surface area contributed by atoms with Crippen LogP contribution in [0.5, 0.6) is 0 Å². The van der Waals surface area contributed by atoms with Crippen LogP contribution in [0.2, 0.25) is 0 Å². The molecule has 1 aliphatic heterocycles. The van der Waals surface area contributed by atoms with Gasteiger partial charge in [0.1, 0.15) is 11.5 Å². The van der Waals surface area contributed by atoms with E-state index in [9.17, 15) is 4.79 Å². The third kappa shape index (κ3) is 5.20. The molecule has 0 unspecified atom stereocenters. The van der Waals surface area contributed by atoms with E-state index in [2.05, 4.69) is 37.5 Å². The lowest BCUT2D eigenvalue weighted by Gasteiger charge is -2.36. The molecule has 0 radical (unpaired) electrons. The zero-order valence-corrected chi connectivity index (χ0v) is 19.4. The number of rotatable bonds is 5. The van der Waals surface area contributed by atoms with Gasteiger partial charge in [-0.1, -0.05) is 5.21 Å².